The number of carbonyl (C=O) groups is 2. The van der Waals surface area contributed by atoms with Gasteiger partial charge in [0.25, 0.3) is 0 Å². The monoisotopic (exact) mass is 309 g/mol. The number of nitrogens with one attached hydrogen (secondary N) is 3. The van der Waals surface area contributed by atoms with Crippen LogP contribution in [0.5, 0.6) is 0 Å². The summed E-state index contributed by atoms with van der Waals surface area (Å²) in [6, 6.07) is 7.01. The molecular formula is C16H15N5O2. The van der Waals surface area contributed by atoms with Gasteiger partial charge in [-0.1, -0.05) is 6.07 Å². The van der Waals surface area contributed by atoms with E-state index in [2.05, 4.69) is 25.6 Å². The van der Waals surface area contributed by atoms with Crippen molar-refractivity contribution in [2.75, 3.05) is 11.9 Å². The lowest BCUT2D eigenvalue weighted by molar-refractivity contribution is 0.112. The van der Waals surface area contributed by atoms with Gasteiger partial charge in [0.2, 0.25) is 5.95 Å². The Morgan fingerprint density at radius 3 is 2.91 bits per heavy atom. The zero-order chi connectivity index (χ0) is 16.2. The van der Waals surface area contributed by atoms with Crippen LogP contribution in [0.15, 0.2) is 36.7 Å². The first-order valence-electron chi connectivity index (χ1n) is 7.15. The maximum absolute atomic E-state index is 11.6. The molecule has 1 aromatic carbocycles. The fourth-order valence-corrected chi connectivity index (χ4v) is 2.31. The SMILES string of the molecule is CCNC(=O)Nc1nc2c(C=O)cc(-c3cccnc3)cc2[nH]1. The number of H-pyrrole nitrogens is 1. The third-order valence-electron chi connectivity index (χ3n) is 3.31. The van der Waals surface area contributed by atoms with Crippen molar-refractivity contribution >= 4 is 29.3 Å². The van der Waals surface area contributed by atoms with Crippen LogP contribution in [0.25, 0.3) is 22.2 Å². The predicted molar refractivity (Wildman–Crippen MR) is 87.4 cm³/mol. The number of amides is 2. The summed E-state index contributed by atoms with van der Waals surface area (Å²) in [6.07, 6.45) is 4.16. The molecule has 3 rings (SSSR count). The zero-order valence-corrected chi connectivity index (χ0v) is 12.5. The van der Waals surface area contributed by atoms with E-state index in [0.717, 1.165) is 17.4 Å². The highest BCUT2D eigenvalue weighted by atomic mass is 16.2. The number of fused-ring (bicyclic) bond motifs is 1. The van der Waals surface area contributed by atoms with Gasteiger partial charge >= 0.3 is 6.03 Å². The number of carbonyl (C=O) groups excluding carboxylic acids is 2. The fourth-order valence-electron chi connectivity index (χ4n) is 2.31. The number of hydrogen-bond donors (Lipinski definition) is 3. The minimum Gasteiger partial charge on any atom is -0.338 e. The standard InChI is InChI=1S/C16H15N5O2/c1-2-18-16(23)21-15-19-13-7-11(10-4-3-5-17-8-10)6-12(9-22)14(13)20-15/h3-9H,2H2,1H3,(H3,18,19,20,21,23). The quantitative estimate of drug-likeness (QED) is 0.645. The summed E-state index contributed by atoms with van der Waals surface area (Å²) in [7, 11) is 0. The Bertz CT molecular complexity index is 858. The third kappa shape index (κ3) is 3.03. The molecule has 0 fully saturated rings. The summed E-state index contributed by atoms with van der Waals surface area (Å²) in [5.41, 5.74) is 3.37. The average Bonchev–Trinajstić information content (AvgIpc) is 2.97. The van der Waals surface area contributed by atoms with Crippen molar-refractivity contribution in [3.63, 3.8) is 0 Å². The normalized spacial score (nSPS) is 10.5. The van der Waals surface area contributed by atoms with Crippen molar-refractivity contribution in [3.8, 4) is 11.1 Å². The number of benzene rings is 1. The van der Waals surface area contributed by atoms with E-state index in [1.165, 1.54) is 0 Å². The van der Waals surface area contributed by atoms with Crippen LogP contribution in [-0.4, -0.2) is 33.8 Å². The maximum atomic E-state index is 11.6. The average molecular weight is 309 g/mol. The molecule has 0 bridgehead atoms. The van der Waals surface area contributed by atoms with E-state index >= 15 is 0 Å². The Kier molecular flexibility index (Phi) is 4.01. The second-order valence-corrected chi connectivity index (χ2v) is 4.89. The molecule has 0 aliphatic carbocycles. The lowest BCUT2D eigenvalue weighted by Crippen LogP contribution is -2.28. The Hall–Kier alpha value is -3.22. The van der Waals surface area contributed by atoms with Gasteiger partial charge in [0.1, 0.15) is 5.52 Å². The molecule has 2 amide bonds. The van der Waals surface area contributed by atoms with Crippen molar-refractivity contribution in [1.82, 2.24) is 20.3 Å². The largest absolute Gasteiger partial charge is 0.338 e. The van der Waals surface area contributed by atoms with Gasteiger partial charge < -0.3 is 10.3 Å². The van der Waals surface area contributed by atoms with Gasteiger partial charge in [-0.3, -0.25) is 15.1 Å². The molecule has 116 valence electrons. The molecule has 0 atom stereocenters. The minimum absolute atomic E-state index is 0.289. The van der Waals surface area contributed by atoms with Gasteiger partial charge in [0, 0.05) is 30.1 Å². The van der Waals surface area contributed by atoms with E-state index in [4.69, 9.17) is 0 Å². The van der Waals surface area contributed by atoms with Crippen molar-refractivity contribution in [1.29, 1.82) is 0 Å². The molecule has 2 heterocycles. The number of rotatable bonds is 4. The van der Waals surface area contributed by atoms with Crippen LogP contribution in [-0.2, 0) is 0 Å². The van der Waals surface area contributed by atoms with Gasteiger partial charge in [-0.2, -0.15) is 0 Å². The highest BCUT2D eigenvalue weighted by molar-refractivity contribution is 5.99. The number of imidazole rings is 1. The van der Waals surface area contributed by atoms with E-state index in [9.17, 15) is 9.59 Å². The number of aromatic nitrogens is 3. The lowest BCUT2D eigenvalue weighted by Gasteiger charge is -2.02. The molecule has 7 nitrogen and oxygen atoms in total. The topological polar surface area (TPSA) is 99.8 Å². The van der Waals surface area contributed by atoms with Crippen LogP contribution in [0.1, 0.15) is 17.3 Å². The molecule has 0 radical (unpaired) electrons. The van der Waals surface area contributed by atoms with Crippen LogP contribution < -0.4 is 10.6 Å². The first-order valence-corrected chi connectivity index (χ1v) is 7.15. The minimum atomic E-state index is -0.355. The summed E-state index contributed by atoms with van der Waals surface area (Å²) in [4.78, 5) is 34.3. The smallest absolute Gasteiger partial charge is 0.321 e. The molecule has 0 aliphatic rings. The number of urea groups is 1. The molecule has 0 saturated heterocycles. The Morgan fingerprint density at radius 1 is 1.35 bits per heavy atom. The molecule has 0 saturated carbocycles. The summed E-state index contributed by atoms with van der Waals surface area (Å²) >= 11 is 0. The summed E-state index contributed by atoms with van der Waals surface area (Å²) in [5, 5.41) is 5.21. The van der Waals surface area contributed by atoms with Crippen molar-refractivity contribution in [3.05, 3.63) is 42.2 Å². The van der Waals surface area contributed by atoms with Crippen LogP contribution in [0.2, 0.25) is 0 Å². The summed E-state index contributed by atoms with van der Waals surface area (Å²) in [5.74, 6) is 0.289. The highest BCUT2D eigenvalue weighted by Crippen LogP contribution is 2.26. The van der Waals surface area contributed by atoms with E-state index in [0.29, 0.717) is 23.1 Å². The van der Waals surface area contributed by atoms with Crippen LogP contribution >= 0.6 is 0 Å². The first kappa shape index (κ1) is 14.7. The van der Waals surface area contributed by atoms with Gasteiger partial charge in [-0.25, -0.2) is 9.78 Å². The maximum Gasteiger partial charge on any atom is 0.321 e. The number of pyridine rings is 1. The summed E-state index contributed by atoms with van der Waals surface area (Å²) < 4.78 is 0. The van der Waals surface area contributed by atoms with Crippen LogP contribution in [0, 0.1) is 0 Å². The lowest BCUT2D eigenvalue weighted by atomic mass is 10.0. The number of aldehydes is 1. The van der Waals surface area contributed by atoms with E-state index in [-0.39, 0.29) is 12.0 Å². The Morgan fingerprint density at radius 2 is 2.22 bits per heavy atom. The number of anilines is 1. The zero-order valence-electron chi connectivity index (χ0n) is 12.5. The Balaban J connectivity index is 2.04. The molecule has 7 heteroatoms. The molecule has 0 unspecified atom stereocenters. The van der Waals surface area contributed by atoms with Crippen LogP contribution in [0.4, 0.5) is 10.7 Å². The molecular weight excluding hydrogens is 294 g/mol. The van der Waals surface area contributed by atoms with Gasteiger partial charge in [-0.15, -0.1) is 0 Å². The fraction of sp³-hybridized carbons (Fsp3) is 0.125. The van der Waals surface area contributed by atoms with E-state index in [1.807, 2.05) is 25.1 Å². The number of hydrogen-bond acceptors (Lipinski definition) is 4. The van der Waals surface area contributed by atoms with E-state index < -0.39 is 0 Å². The molecule has 23 heavy (non-hydrogen) atoms. The molecule has 3 aromatic rings. The number of aromatic amines is 1. The van der Waals surface area contributed by atoms with Crippen molar-refractivity contribution in [2.24, 2.45) is 0 Å². The third-order valence-corrected chi connectivity index (χ3v) is 3.31. The van der Waals surface area contributed by atoms with Crippen molar-refractivity contribution in [2.45, 2.75) is 6.92 Å². The highest BCUT2D eigenvalue weighted by Gasteiger charge is 2.12. The second-order valence-electron chi connectivity index (χ2n) is 4.89. The van der Waals surface area contributed by atoms with Gasteiger partial charge in [0.05, 0.1) is 5.52 Å². The molecule has 3 N–H and O–H groups in total. The molecule has 0 aliphatic heterocycles. The van der Waals surface area contributed by atoms with E-state index in [1.54, 1.807) is 18.5 Å². The Labute approximate surface area is 132 Å². The number of nitrogens with zero attached hydrogens (tertiary/aromatic N) is 2. The predicted octanol–water partition coefficient (Wildman–Crippen LogP) is 2.58. The van der Waals surface area contributed by atoms with Gasteiger partial charge in [0.15, 0.2) is 6.29 Å². The summed E-state index contributed by atoms with van der Waals surface area (Å²) in [6.45, 7) is 2.33. The van der Waals surface area contributed by atoms with Crippen molar-refractivity contribution < 1.29 is 9.59 Å². The molecule has 2 aromatic heterocycles. The van der Waals surface area contributed by atoms with Gasteiger partial charge in [-0.05, 0) is 30.7 Å². The van der Waals surface area contributed by atoms with Crippen LogP contribution in [0.3, 0.4) is 0 Å². The molecule has 0 spiro atoms. The first-order chi connectivity index (χ1) is 11.2. The second kappa shape index (κ2) is 6.27.